The summed E-state index contributed by atoms with van der Waals surface area (Å²) in [5, 5.41) is 3.58. The van der Waals surface area contributed by atoms with E-state index in [2.05, 4.69) is 20.2 Å². The van der Waals surface area contributed by atoms with Gasteiger partial charge in [0.05, 0.1) is 11.0 Å². The van der Waals surface area contributed by atoms with Gasteiger partial charge in [0.25, 0.3) is 0 Å². The minimum atomic E-state index is -0.611. The molecule has 6 nitrogen and oxygen atoms in total. The Morgan fingerprint density at radius 1 is 1.05 bits per heavy atom. The van der Waals surface area contributed by atoms with Gasteiger partial charge in [-0.2, -0.15) is 0 Å². The molecule has 21 heavy (non-hydrogen) atoms. The molecule has 0 aliphatic carbocycles. The zero-order valence-electron chi connectivity index (χ0n) is 11.7. The summed E-state index contributed by atoms with van der Waals surface area (Å²) in [6.07, 6.45) is 3.70. The summed E-state index contributed by atoms with van der Waals surface area (Å²) in [7, 11) is 0. The standard InChI is InChI=1S/C15H18N4O2/c20-14-15(21)18-12-8-9(3-4-10(12)17-14)16-11-5-7-19-6-1-2-13(11)19/h3-4,8,11,13,16H,1-2,5-7H2,(H,17,20)(H,18,21). The lowest BCUT2D eigenvalue weighted by Gasteiger charge is -2.22. The third kappa shape index (κ3) is 2.15. The van der Waals surface area contributed by atoms with Crippen LogP contribution in [0.4, 0.5) is 5.69 Å². The predicted molar refractivity (Wildman–Crippen MR) is 81.8 cm³/mol. The van der Waals surface area contributed by atoms with E-state index < -0.39 is 11.1 Å². The number of hydrogen-bond donors (Lipinski definition) is 3. The fourth-order valence-electron chi connectivity index (χ4n) is 3.67. The van der Waals surface area contributed by atoms with Crippen LogP contribution in [-0.2, 0) is 0 Å². The van der Waals surface area contributed by atoms with E-state index in [9.17, 15) is 9.59 Å². The summed E-state index contributed by atoms with van der Waals surface area (Å²) in [4.78, 5) is 30.5. The molecular formula is C15H18N4O2. The highest BCUT2D eigenvalue weighted by atomic mass is 16.2. The van der Waals surface area contributed by atoms with Crippen LogP contribution in [0.3, 0.4) is 0 Å². The summed E-state index contributed by atoms with van der Waals surface area (Å²) < 4.78 is 0. The molecule has 3 N–H and O–H groups in total. The summed E-state index contributed by atoms with van der Waals surface area (Å²) in [6.45, 7) is 2.38. The lowest BCUT2D eigenvalue weighted by molar-refractivity contribution is 0.318. The number of aromatic nitrogens is 2. The van der Waals surface area contributed by atoms with Crippen molar-refractivity contribution in [2.75, 3.05) is 18.4 Å². The Labute approximate surface area is 121 Å². The molecule has 0 spiro atoms. The van der Waals surface area contributed by atoms with E-state index in [1.165, 1.54) is 25.9 Å². The molecule has 2 aromatic rings. The first-order chi connectivity index (χ1) is 10.2. The summed E-state index contributed by atoms with van der Waals surface area (Å²) in [5.41, 5.74) is 1.08. The molecule has 1 aromatic heterocycles. The van der Waals surface area contributed by atoms with Crippen LogP contribution >= 0.6 is 0 Å². The van der Waals surface area contributed by atoms with Gasteiger partial charge in [-0.1, -0.05) is 0 Å². The minimum Gasteiger partial charge on any atom is -0.381 e. The lowest BCUT2D eigenvalue weighted by Crippen LogP contribution is -2.33. The maximum atomic E-state index is 11.4. The molecule has 2 atom stereocenters. The molecule has 0 amide bonds. The lowest BCUT2D eigenvalue weighted by atomic mass is 10.1. The molecular weight excluding hydrogens is 268 g/mol. The SMILES string of the molecule is O=c1[nH]c2ccc(NC3CCN4CCCC34)cc2[nH]c1=O. The Kier molecular flexibility index (Phi) is 2.85. The summed E-state index contributed by atoms with van der Waals surface area (Å²) in [6, 6.07) is 6.78. The highest BCUT2D eigenvalue weighted by molar-refractivity contribution is 5.78. The Bertz CT molecular complexity index is 794. The van der Waals surface area contributed by atoms with Crippen LogP contribution in [0.1, 0.15) is 19.3 Å². The van der Waals surface area contributed by atoms with Crippen molar-refractivity contribution < 1.29 is 0 Å². The van der Waals surface area contributed by atoms with Crippen LogP contribution in [0.25, 0.3) is 11.0 Å². The number of benzene rings is 1. The van der Waals surface area contributed by atoms with Gasteiger partial charge in [0.1, 0.15) is 0 Å². The average molecular weight is 286 g/mol. The van der Waals surface area contributed by atoms with Crippen molar-refractivity contribution in [2.24, 2.45) is 0 Å². The number of aromatic amines is 2. The third-order valence-corrected chi connectivity index (χ3v) is 4.68. The van der Waals surface area contributed by atoms with Crippen LogP contribution < -0.4 is 16.4 Å². The van der Waals surface area contributed by atoms with Gasteiger partial charge in [-0.15, -0.1) is 0 Å². The molecule has 3 heterocycles. The van der Waals surface area contributed by atoms with Crippen LogP contribution in [-0.4, -0.2) is 40.0 Å². The van der Waals surface area contributed by atoms with Gasteiger partial charge in [0.15, 0.2) is 0 Å². The van der Waals surface area contributed by atoms with E-state index in [1.54, 1.807) is 0 Å². The third-order valence-electron chi connectivity index (χ3n) is 4.68. The molecule has 0 bridgehead atoms. The van der Waals surface area contributed by atoms with Crippen molar-refractivity contribution in [3.05, 3.63) is 38.9 Å². The first-order valence-corrected chi connectivity index (χ1v) is 7.48. The van der Waals surface area contributed by atoms with Crippen LogP contribution in [0.2, 0.25) is 0 Å². The fraction of sp³-hybridized carbons (Fsp3) is 0.467. The first kappa shape index (κ1) is 12.6. The molecule has 2 unspecified atom stereocenters. The number of nitrogens with one attached hydrogen (secondary N) is 3. The van der Waals surface area contributed by atoms with E-state index in [-0.39, 0.29) is 0 Å². The molecule has 2 aliphatic rings. The highest BCUT2D eigenvalue weighted by Crippen LogP contribution is 2.30. The van der Waals surface area contributed by atoms with E-state index in [1.807, 2.05) is 18.2 Å². The van der Waals surface area contributed by atoms with E-state index >= 15 is 0 Å². The Balaban J connectivity index is 1.63. The number of rotatable bonds is 2. The van der Waals surface area contributed by atoms with Gasteiger partial charge in [-0.3, -0.25) is 14.5 Å². The second-order valence-corrected chi connectivity index (χ2v) is 5.95. The van der Waals surface area contributed by atoms with Gasteiger partial charge in [-0.05, 0) is 44.0 Å². The minimum absolute atomic E-state index is 0.472. The quantitative estimate of drug-likeness (QED) is 0.715. The topological polar surface area (TPSA) is 81.0 Å². The normalized spacial score (nSPS) is 25.3. The Morgan fingerprint density at radius 3 is 2.71 bits per heavy atom. The molecule has 2 fully saturated rings. The van der Waals surface area contributed by atoms with Crippen molar-refractivity contribution in [1.29, 1.82) is 0 Å². The average Bonchev–Trinajstić information content (AvgIpc) is 3.05. The Hall–Kier alpha value is -2.08. The maximum Gasteiger partial charge on any atom is 0.314 e. The second-order valence-electron chi connectivity index (χ2n) is 5.95. The van der Waals surface area contributed by atoms with Crippen LogP contribution in [0.15, 0.2) is 27.8 Å². The van der Waals surface area contributed by atoms with E-state index in [0.717, 1.165) is 12.1 Å². The number of fused-ring (bicyclic) bond motifs is 2. The zero-order chi connectivity index (χ0) is 14.4. The van der Waals surface area contributed by atoms with Crippen molar-refractivity contribution >= 4 is 16.7 Å². The van der Waals surface area contributed by atoms with Crippen LogP contribution in [0.5, 0.6) is 0 Å². The van der Waals surface area contributed by atoms with Crippen molar-refractivity contribution in [3.8, 4) is 0 Å². The maximum absolute atomic E-state index is 11.4. The van der Waals surface area contributed by atoms with Gasteiger partial charge >= 0.3 is 11.1 Å². The Morgan fingerprint density at radius 2 is 1.86 bits per heavy atom. The van der Waals surface area contributed by atoms with Crippen molar-refractivity contribution in [2.45, 2.75) is 31.3 Å². The van der Waals surface area contributed by atoms with Gasteiger partial charge < -0.3 is 15.3 Å². The van der Waals surface area contributed by atoms with Crippen molar-refractivity contribution in [3.63, 3.8) is 0 Å². The fourth-order valence-corrected chi connectivity index (χ4v) is 3.67. The molecule has 0 saturated carbocycles. The number of hydrogen-bond acceptors (Lipinski definition) is 4. The molecule has 6 heteroatoms. The molecule has 2 aliphatic heterocycles. The largest absolute Gasteiger partial charge is 0.381 e. The van der Waals surface area contributed by atoms with Gasteiger partial charge in [0.2, 0.25) is 0 Å². The molecule has 0 radical (unpaired) electrons. The zero-order valence-corrected chi connectivity index (χ0v) is 11.7. The number of nitrogens with zero attached hydrogens (tertiary/aromatic N) is 1. The number of anilines is 1. The smallest absolute Gasteiger partial charge is 0.314 e. The molecule has 1 aromatic carbocycles. The van der Waals surface area contributed by atoms with E-state index in [4.69, 9.17) is 0 Å². The van der Waals surface area contributed by atoms with Crippen LogP contribution in [0, 0.1) is 0 Å². The summed E-state index contributed by atoms with van der Waals surface area (Å²) >= 11 is 0. The van der Waals surface area contributed by atoms with Gasteiger partial charge in [0, 0.05) is 24.3 Å². The first-order valence-electron chi connectivity index (χ1n) is 7.48. The molecule has 110 valence electrons. The molecule has 4 rings (SSSR count). The predicted octanol–water partition coefficient (Wildman–Crippen LogP) is 0.865. The summed E-state index contributed by atoms with van der Waals surface area (Å²) in [5.74, 6) is 0. The van der Waals surface area contributed by atoms with E-state index in [0.29, 0.717) is 23.1 Å². The second kappa shape index (κ2) is 4.73. The molecule has 2 saturated heterocycles. The number of H-pyrrole nitrogens is 2. The van der Waals surface area contributed by atoms with Gasteiger partial charge in [-0.25, -0.2) is 0 Å². The highest BCUT2D eigenvalue weighted by Gasteiger charge is 2.36. The monoisotopic (exact) mass is 286 g/mol. The van der Waals surface area contributed by atoms with Crippen molar-refractivity contribution in [1.82, 2.24) is 14.9 Å².